The molecule has 0 bridgehead atoms. The number of nitrogens with zero attached hydrogens (tertiary/aromatic N) is 3. The van der Waals surface area contributed by atoms with Crippen LogP contribution in [0.4, 0.5) is 17.5 Å². The fourth-order valence-corrected chi connectivity index (χ4v) is 2.83. The lowest BCUT2D eigenvalue weighted by Crippen LogP contribution is -2.06. The van der Waals surface area contributed by atoms with Gasteiger partial charge in [0.05, 0.1) is 17.9 Å². The zero-order chi connectivity index (χ0) is 16.9. The van der Waals surface area contributed by atoms with Crippen molar-refractivity contribution in [3.63, 3.8) is 0 Å². The van der Waals surface area contributed by atoms with Gasteiger partial charge in [-0.05, 0) is 59.6 Å². The molecule has 0 spiro atoms. The van der Waals surface area contributed by atoms with E-state index in [9.17, 15) is 0 Å². The van der Waals surface area contributed by atoms with Crippen LogP contribution in [0, 0.1) is 13.8 Å². The van der Waals surface area contributed by atoms with Crippen LogP contribution >= 0.6 is 15.9 Å². The zero-order valence-electron chi connectivity index (χ0n) is 13.5. The second-order valence-electron chi connectivity index (χ2n) is 5.50. The molecule has 3 rings (SSSR count). The van der Waals surface area contributed by atoms with Gasteiger partial charge in [-0.2, -0.15) is 4.98 Å². The number of rotatable bonds is 5. The van der Waals surface area contributed by atoms with E-state index in [0.29, 0.717) is 12.5 Å². The van der Waals surface area contributed by atoms with Gasteiger partial charge in [-0.3, -0.25) is 4.98 Å². The topological polar surface area (TPSA) is 62.7 Å². The molecule has 1 aromatic carbocycles. The molecule has 0 radical (unpaired) electrons. The van der Waals surface area contributed by atoms with E-state index >= 15 is 0 Å². The van der Waals surface area contributed by atoms with Gasteiger partial charge in [-0.15, -0.1) is 0 Å². The summed E-state index contributed by atoms with van der Waals surface area (Å²) < 4.78 is 0.982. The molecular formula is C18H18BrN5. The van der Waals surface area contributed by atoms with E-state index in [1.807, 2.05) is 43.3 Å². The monoisotopic (exact) mass is 383 g/mol. The summed E-state index contributed by atoms with van der Waals surface area (Å²) in [7, 11) is 0. The SMILES string of the molecule is Cc1ccc(Nc2nc(C)cc(NCc3ccccn3)n2)c(Br)c1. The molecule has 0 fully saturated rings. The Morgan fingerprint density at radius 3 is 2.67 bits per heavy atom. The summed E-state index contributed by atoms with van der Waals surface area (Å²) in [5.74, 6) is 1.32. The third kappa shape index (κ3) is 4.29. The van der Waals surface area contributed by atoms with Crippen molar-refractivity contribution in [3.8, 4) is 0 Å². The van der Waals surface area contributed by atoms with E-state index in [0.717, 1.165) is 27.4 Å². The number of aromatic nitrogens is 3. The van der Waals surface area contributed by atoms with Gasteiger partial charge in [0.15, 0.2) is 0 Å². The minimum atomic E-state index is 0.558. The van der Waals surface area contributed by atoms with Crippen molar-refractivity contribution < 1.29 is 0 Å². The van der Waals surface area contributed by atoms with Crippen LogP contribution in [0.15, 0.2) is 53.1 Å². The summed E-state index contributed by atoms with van der Waals surface area (Å²) >= 11 is 3.56. The molecule has 2 aromatic heterocycles. The zero-order valence-corrected chi connectivity index (χ0v) is 15.1. The Morgan fingerprint density at radius 2 is 1.92 bits per heavy atom. The smallest absolute Gasteiger partial charge is 0.229 e. The summed E-state index contributed by atoms with van der Waals surface area (Å²) in [5.41, 5.74) is 3.97. The van der Waals surface area contributed by atoms with Gasteiger partial charge in [0.2, 0.25) is 5.95 Å². The highest BCUT2D eigenvalue weighted by Gasteiger charge is 2.06. The van der Waals surface area contributed by atoms with E-state index < -0.39 is 0 Å². The number of aryl methyl sites for hydroxylation is 2. The number of anilines is 3. The Kier molecular flexibility index (Phi) is 5.05. The molecule has 0 aliphatic carbocycles. The number of nitrogens with one attached hydrogen (secondary N) is 2. The fraction of sp³-hybridized carbons (Fsp3) is 0.167. The standard InChI is InChI=1S/C18H18BrN5/c1-12-6-7-16(15(19)9-12)23-18-22-13(2)10-17(24-18)21-11-14-5-3-4-8-20-14/h3-10H,11H2,1-2H3,(H2,21,22,23,24). The van der Waals surface area contributed by atoms with E-state index in [-0.39, 0.29) is 0 Å². The number of hydrogen-bond acceptors (Lipinski definition) is 5. The first-order chi connectivity index (χ1) is 11.6. The number of benzene rings is 1. The van der Waals surface area contributed by atoms with Crippen molar-refractivity contribution >= 4 is 33.4 Å². The maximum atomic E-state index is 4.53. The Bertz CT molecular complexity index is 836. The van der Waals surface area contributed by atoms with Crippen molar-refractivity contribution in [1.82, 2.24) is 15.0 Å². The molecule has 0 unspecified atom stereocenters. The van der Waals surface area contributed by atoms with Gasteiger partial charge in [0.1, 0.15) is 5.82 Å². The maximum absolute atomic E-state index is 4.53. The lowest BCUT2D eigenvalue weighted by molar-refractivity contribution is 1.01. The third-order valence-electron chi connectivity index (χ3n) is 3.40. The van der Waals surface area contributed by atoms with Crippen LogP contribution in [-0.4, -0.2) is 15.0 Å². The lowest BCUT2D eigenvalue weighted by Gasteiger charge is -2.11. The van der Waals surface area contributed by atoms with Crippen LogP contribution < -0.4 is 10.6 Å². The fourth-order valence-electron chi connectivity index (χ4n) is 2.24. The Hall–Kier alpha value is -2.47. The molecule has 122 valence electrons. The van der Waals surface area contributed by atoms with E-state index in [2.05, 4.69) is 54.5 Å². The summed E-state index contributed by atoms with van der Waals surface area (Å²) in [6.07, 6.45) is 1.78. The molecule has 24 heavy (non-hydrogen) atoms. The van der Waals surface area contributed by atoms with Gasteiger partial charge < -0.3 is 10.6 Å². The molecule has 3 aromatic rings. The molecule has 0 saturated heterocycles. The van der Waals surface area contributed by atoms with Gasteiger partial charge in [0, 0.05) is 22.4 Å². The first-order valence-electron chi connectivity index (χ1n) is 7.63. The average molecular weight is 384 g/mol. The third-order valence-corrected chi connectivity index (χ3v) is 4.06. The maximum Gasteiger partial charge on any atom is 0.229 e. The molecule has 0 aliphatic rings. The second-order valence-corrected chi connectivity index (χ2v) is 6.36. The van der Waals surface area contributed by atoms with Crippen molar-refractivity contribution in [3.05, 3.63) is 70.1 Å². The quantitative estimate of drug-likeness (QED) is 0.673. The molecule has 0 atom stereocenters. The van der Waals surface area contributed by atoms with Crippen molar-refractivity contribution in [2.45, 2.75) is 20.4 Å². The molecule has 0 amide bonds. The van der Waals surface area contributed by atoms with Crippen LogP contribution in [0.25, 0.3) is 0 Å². The number of pyridine rings is 1. The minimum Gasteiger partial charge on any atom is -0.364 e. The molecule has 0 aliphatic heterocycles. The summed E-state index contributed by atoms with van der Waals surface area (Å²) in [6.45, 7) is 4.62. The molecule has 5 nitrogen and oxygen atoms in total. The Balaban J connectivity index is 1.76. The highest BCUT2D eigenvalue weighted by atomic mass is 79.9. The van der Waals surface area contributed by atoms with E-state index in [4.69, 9.17) is 0 Å². The van der Waals surface area contributed by atoms with Crippen LogP contribution in [0.2, 0.25) is 0 Å². The first kappa shape index (κ1) is 16.4. The Morgan fingerprint density at radius 1 is 1.04 bits per heavy atom. The largest absolute Gasteiger partial charge is 0.364 e. The average Bonchev–Trinajstić information content (AvgIpc) is 2.56. The summed E-state index contributed by atoms with van der Waals surface area (Å²) in [4.78, 5) is 13.3. The van der Waals surface area contributed by atoms with Gasteiger partial charge in [0.25, 0.3) is 0 Å². The first-order valence-corrected chi connectivity index (χ1v) is 8.42. The van der Waals surface area contributed by atoms with Crippen LogP contribution in [0.1, 0.15) is 17.0 Å². The van der Waals surface area contributed by atoms with Crippen LogP contribution in [-0.2, 0) is 6.54 Å². The number of hydrogen-bond donors (Lipinski definition) is 2. The van der Waals surface area contributed by atoms with Crippen LogP contribution in [0.3, 0.4) is 0 Å². The molecular weight excluding hydrogens is 366 g/mol. The summed E-state index contributed by atoms with van der Waals surface area (Å²) in [6, 6.07) is 13.9. The number of halogens is 1. The van der Waals surface area contributed by atoms with Crippen molar-refractivity contribution in [1.29, 1.82) is 0 Å². The summed E-state index contributed by atoms with van der Waals surface area (Å²) in [5, 5.41) is 6.54. The second kappa shape index (κ2) is 7.40. The molecule has 2 heterocycles. The molecule has 2 N–H and O–H groups in total. The highest BCUT2D eigenvalue weighted by molar-refractivity contribution is 9.10. The van der Waals surface area contributed by atoms with E-state index in [1.165, 1.54) is 5.56 Å². The predicted octanol–water partition coefficient (Wildman–Crippen LogP) is 4.61. The molecule has 6 heteroatoms. The molecule has 0 saturated carbocycles. The highest BCUT2D eigenvalue weighted by Crippen LogP contribution is 2.26. The van der Waals surface area contributed by atoms with E-state index in [1.54, 1.807) is 6.20 Å². The van der Waals surface area contributed by atoms with Crippen molar-refractivity contribution in [2.24, 2.45) is 0 Å². The lowest BCUT2D eigenvalue weighted by atomic mass is 10.2. The minimum absolute atomic E-state index is 0.558. The predicted molar refractivity (Wildman–Crippen MR) is 100 cm³/mol. The Labute approximate surface area is 149 Å². The van der Waals surface area contributed by atoms with Gasteiger partial charge >= 0.3 is 0 Å². The normalized spacial score (nSPS) is 10.5. The van der Waals surface area contributed by atoms with Crippen LogP contribution in [0.5, 0.6) is 0 Å². The van der Waals surface area contributed by atoms with Gasteiger partial charge in [-0.1, -0.05) is 12.1 Å². The van der Waals surface area contributed by atoms with Crippen molar-refractivity contribution in [2.75, 3.05) is 10.6 Å². The van der Waals surface area contributed by atoms with Gasteiger partial charge in [-0.25, -0.2) is 4.98 Å².